The van der Waals surface area contributed by atoms with E-state index in [1.54, 1.807) is 0 Å². The largest absolute Gasteiger partial charge is 0.466 e. The first-order chi connectivity index (χ1) is 12.6. The molecular weight excluding hydrogens is 425 g/mol. The molecule has 0 aliphatic rings. The Morgan fingerprint density at radius 2 is 1.59 bits per heavy atom. The van der Waals surface area contributed by atoms with Crippen LogP contribution in [0.15, 0.2) is 48.5 Å². The first-order valence-electron chi connectivity index (χ1n) is 7.11. The molecule has 0 radical (unpaired) electrons. The Bertz CT molecular complexity index is 870. The molecule has 12 heteroatoms. The topological polar surface area (TPSA) is 125 Å². The summed E-state index contributed by atoms with van der Waals surface area (Å²) in [7, 11) is 0. The quantitative estimate of drug-likeness (QED) is 0.317. The highest BCUT2D eigenvalue weighted by atomic mass is 35.6. The average molecular weight is 435 g/mol. The average Bonchev–Trinajstić information content (AvgIpc) is 2.60. The van der Waals surface area contributed by atoms with Crippen molar-refractivity contribution in [2.45, 2.75) is 10.0 Å². The molecule has 0 bridgehead atoms. The number of alkyl halides is 3. The van der Waals surface area contributed by atoms with Crippen molar-refractivity contribution in [1.29, 1.82) is 0 Å². The number of amides is 1. The Hall–Kier alpha value is -2.62. The maximum Gasteiger partial charge on any atom is 0.270 e. The molecule has 9 nitrogen and oxygen atoms in total. The number of hydrogen-bond acceptors (Lipinski definition) is 6. The molecule has 0 spiro atoms. The second-order valence-corrected chi connectivity index (χ2v) is 7.44. The van der Waals surface area contributed by atoms with Gasteiger partial charge in [-0.05, 0) is 18.2 Å². The summed E-state index contributed by atoms with van der Waals surface area (Å²) in [5, 5.41) is 23.8. The molecule has 1 unspecified atom stereocenters. The van der Waals surface area contributed by atoms with Crippen LogP contribution in [0.3, 0.4) is 0 Å². The zero-order valence-electron chi connectivity index (χ0n) is 13.2. The third-order valence-electron chi connectivity index (χ3n) is 3.18. The highest BCUT2D eigenvalue weighted by Gasteiger charge is 2.36. The lowest BCUT2D eigenvalue weighted by atomic mass is 10.2. The predicted octanol–water partition coefficient (Wildman–Crippen LogP) is 4.01. The number of nitrogens with zero attached hydrogens (tertiary/aromatic N) is 2. The maximum atomic E-state index is 12.3. The lowest BCUT2D eigenvalue weighted by Gasteiger charge is -2.26. The van der Waals surface area contributed by atoms with Crippen molar-refractivity contribution in [1.82, 2.24) is 5.32 Å². The number of ether oxygens (including phenoxy) is 1. The summed E-state index contributed by atoms with van der Waals surface area (Å²) < 4.78 is 3.30. The summed E-state index contributed by atoms with van der Waals surface area (Å²) in [5.41, 5.74) is -0.506. The van der Waals surface area contributed by atoms with Crippen LogP contribution < -0.4 is 10.1 Å². The van der Waals surface area contributed by atoms with Gasteiger partial charge in [0.05, 0.1) is 9.85 Å². The molecule has 0 saturated heterocycles. The first-order valence-corrected chi connectivity index (χ1v) is 8.24. The van der Waals surface area contributed by atoms with E-state index in [0.29, 0.717) is 0 Å². The molecule has 2 aromatic rings. The standard InChI is InChI=1S/C15H10Cl3N3O6/c16-15(17,18)14(27-12-6-4-10(5-7-12)20(23)24)19-13(22)9-2-1-3-11(8-9)21(25)26/h1-8,14H,(H,19,22). The van der Waals surface area contributed by atoms with Crippen LogP contribution in [0.4, 0.5) is 11.4 Å². The van der Waals surface area contributed by atoms with Crippen molar-refractivity contribution in [3.05, 3.63) is 74.3 Å². The van der Waals surface area contributed by atoms with Crippen LogP contribution in [-0.4, -0.2) is 25.8 Å². The van der Waals surface area contributed by atoms with Crippen molar-refractivity contribution >= 4 is 52.1 Å². The normalized spacial score (nSPS) is 12.1. The van der Waals surface area contributed by atoms with E-state index in [-0.39, 0.29) is 22.7 Å². The van der Waals surface area contributed by atoms with E-state index in [2.05, 4.69) is 5.32 Å². The van der Waals surface area contributed by atoms with E-state index in [1.807, 2.05) is 0 Å². The number of halogens is 3. The number of non-ortho nitro benzene ring substituents is 2. The minimum Gasteiger partial charge on any atom is -0.466 e. The van der Waals surface area contributed by atoms with Gasteiger partial charge in [-0.15, -0.1) is 0 Å². The number of rotatable bonds is 6. The van der Waals surface area contributed by atoms with Crippen molar-refractivity contribution in [3.8, 4) is 5.75 Å². The smallest absolute Gasteiger partial charge is 0.270 e. The Kier molecular flexibility index (Phi) is 6.42. The van der Waals surface area contributed by atoms with Gasteiger partial charge in [0, 0.05) is 29.8 Å². The molecule has 1 N–H and O–H groups in total. The summed E-state index contributed by atoms with van der Waals surface area (Å²) in [6, 6.07) is 9.81. The van der Waals surface area contributed by atoms with Crippen molar-refractivity contribution in [2.75, 3.05) is 0 Å². The monoisotopic (exact) mass is 433 g/mol. The number of nitro benzene ring substituents is 2. The molecule has 0 saturated carbocycles. The summed E-state index contributed by atoms with van der Waals surface area (Å²) >= 11 is 17.5. The number of nitrogens with one attached hydrogen (secondary N) is 1. The van der Waals surface area contributed by atoms with Gasteiger partial charge < -0.3 is 10.1 Å². The summed E-state index contributed by atoms with van der Waals surface area (Å²) in [4.78, 5) is 32.6. The number of carbonyl (C=O) groups is 1. The van der Waals surface area contributed by atoms with E-state index in [9.17, 15) is 25.0 Å². The third kappa shape index (κ3) is 5.68. The lowest BCUT2D eigenvalue weighted by Crippen LogP contribution is -2.47. The molecule has 0 aromatic heterocycles. The fourth-order valence-corrected chi connectivity index (χ4v) is 2.22. The van der Waals surface area contributed by atoms with Crippen LogP contribution in [0, 0.1) is 20.2 Å². The van der Waals surface area contributed by atoms with Gasteiger partial charge in [0.25, 0.3) is 17.3 Å². The molecule has 27 heavy (non-hydrogen) atoms. The first kappa shape index (κ1) is 20.7. The van der Waals surface area contributed by atoms with Gasteiger partial charge in [0.2, 0.25) is 10.0 Å². The van der Waals surface area contributed by atoms with Gasteiger partial charge >= 0.3 is 0 Å². The minimum atomic E-state index is -2.10. The molecule has 2 rings (SSSR count). The Morgan fingerprint density at radius 3 is 2.11 bits per heavy atom. The van der Waals surface area contributed by atoms with Gasteiger partial charge in [0.1, 0.15) is 5.75 Å². The van der Waals surface area contributed by atoms with Crippen molar-refractivity contribution in [3.63, 3.8) is 0 Å². The number of carbonyl (C=O) groups excluding carboxylic acids is 1. The highest BCUT2D eigenvalue weighted by molar-refractivity contribution is 6.68. The number of benzene rings is 2. The Labute approximate surface area is 167 Å². The highest BCUT2D eigenvalue weighted by Crippen LogP contribution is 2.32. The zero-order valence-corrected chi connectivity index (χ0v) is 15.4. The molecule has 1 amide bonds. The van der Waals surface area contributed by atoms with E-state index in [1.165, 1.54) is 42.5 Å². The Morgan fingerprint density at radius 1 is 1.00 bits per heavy atom. The van der Waals surface area contributed by atoms with Crippen LogP contribution in [0.1, 0.15) is 10.4 Å². The number of nitro groups is 2. The van der Waals surface area contributed by atoms with E-state index < -0.39 is 25.8 Å². The van der Waals surface area contributed by atoms with E-state index in [0.717, 1.165) is 6.07 Å². The second kappa shape index (κ2) is 8.38. The molecule has 0 fully saturated rings. The summed E-state index contributed by atoms with van der Waals surface area (Å²) in [6.45, 7) is 0. The van der Waals surface area contributed by atoms with Gasteiger partial charge in [-0.25, -0.2) is 0 Å². The molecule has 2 aromatic carbocycles. The van der Waals surface area contributed by atoms with Crippen molar-refractivity contribution < 1.29 is 19.4 Å². The SMILES string of the molecule is O=C(NC(Oc1ccc([N+](=O)[O-])cc1)C(Cl)(Cl)Cl)c1cccc([N+](=O)[O-])c1. The minimum absolute atomic E-state index is 0.0456. The van der Waals surface area contributed by atoms with Crippen molar-refractivity contribution in [2.24, 2.45) is 0 Å². The summed E-state index contributed by atoms with van der Waals surface area (Å²) in [6.07, 6.45) is -1.48. The van der Waals surface area contributed by atoms with Gasteiger partial charge in [-0.2, -0.15) is 0 Å². The molecule has 1 atom stereocenters. The van der Waals surface area contributed by atoms with Crippen LogP contribution in [-0.2, 0) is 0 Å². The fraction of sp³-hybridized carbons (Fsp3) is 0.133. The van der Waals surface area contributed by atoms with Gasteiger partial charge in [0.15, 0.2) is 0 Å². The maximum absolute atomic E-state index is 12.3. The Balaban J connectivity index is 2.19. The molecular formula is C15H10Cl3N3O6. The third-order valence-corrected chi connectivity index (χ3v) is 3.77. The van der Waals surface area contributed by atoms with Gasteiger partial charge in [-0.3, -0.25) is 25.0 Å². The second-order valence-electron chi connectivity index (χ2n) is 5.07. The van der Waals surface area contributed by atoms with E-state index in [4.69, 9.17) is 39.5 Å². The summed E-state index contributed by atoms with van der Waals surface area (Å²) in [5.74, 6) is -0.687. The van der Waals surface area contributed by atoms with E-state index >= 15 is 0 Å². The zero-order chi connectivity index (χ0) is 20.2. The number of hydrogen-bond donors (Lipinski definition) is 1. The molecule has 0 aliphatic heterocycles. The molecule has 0 aliphatic carbocycles. The van der Waals surface area contributed by atoms with Crippen LogP contribution in [0.25, 0.3) is 0 Å². The predicted molar refractivity (Wildman–Crippen MR) is 98.4 cm³/mol. The molecule has 142 valence electrons. The van der Waals surface area contributed by atoms with Crippen LogP contribution in [0.2, 0.25) is 0 Å². The lowest BCUT2D eigenvalue weighted by molar-refractivity contribution is -0.385. The fourth-order valence-electron chi connectivity index (χ4n) is 1.92. The van der Waals surface area contributed by atoms with Gasteiger partial charge in [-0.1, -0.05) is 40.9 Å². The van der Waals surface area contributed by atoms with Crippen LogP contribution >= 0.6 is 34.8 Å². The molecule has 0 heterocycles. The van der Waals surface area contributed by atoms with Crippen LogP contribution in [0.5, 0.6) is 5.75 Å².